The second-order valence-corrected chi connectivity index (χ2v) is 6.65. The molecule has 8 heteroatoms. The summed E-state index contributed by atoms with van der Waals surface area (Å²) in [5.41, 5.74) is 1.43. The van der Waals surface area contributed by atoms with Gasteiger partial charge in [-0.1, -0.05) is 12.1 Å². The van der Waals surface area contributed by atoms with Gasteiger partial charge in [-0.3, -0.25) is 14.4 Å². The molecule has 156 valence electrons. The summed E-state index contributed by atoms with van der Waals surface area (Å²) in [6.07, 6.45) is 1.02. The van der Waals surface area contributed by atoms with Crippen LogP contribution in [0.4, 0.5) is 0 Å². The molecular weight excluding hydrogens is 378 g/mol. The number of benzene rings is 1. The van der Waals surface area contributed by atoms with Crippen molar-refractivity contribution in [2.24, 2.45) is 0 Å². The predicted molar refractivity (Wildman–Crippen MR) is 104 cm³/mol. The number of hydrogen-bond donors (Lipinski definition) is 3. The lowest BCUT2D eigenvalue weighted by atomic mass is 9.90. The Morgan fingerprint density at radius 2 is 1.66 bits per heavy atom. The summed E-state index contributed by atoms with van der Waals surface area (Å²) in [5.74, 6) is -1.86. The van der Waals surface area contributed by atoms with Crippen LogP contribution in [0.25, 0.3) is 0 Å². The molecule has 2 rings (SSSR count). The van der Waals surface area contributed by atoms with E-state index in [1.807, 2.05) is 0 Å². The van der Waals surface area contributed by atoms with Crippen LogP contribution in [0.2, 0.25) is 0 Å². The molecule has 0 saturated carbocycles. The third kappa shape index (κ3) is 5.23. The maximum atomic E-state index is 12.6. The predicted octanol–water partition coefficient (Wildman–Crippen LogP) is 1.73. The number of rotatable bonds is 10. The van der Waals surface area contributed by atoms with Crippen LogP contribution < -0.4 is 5.32 Å². The molecule has 8 nitrogen and oxygen atoms in total. The quantitative estimate of drug-likeness (QED) is 0.399. The van der Waals surface area contributed by atoms with Crippen LogP contribution in [0.3, 0.4) is 0 Å². The summed E-state index contributed by atoms with van der Waals surface area (Å²) in [7, 11) is 2.61. The molecule has 1 unspecified atom stereocenters. The standard InChI is InChI=1S/C21H25NO7/c1-12-15(18(25)20(29-3)19(28-2)17(12)24)5-4-10-22-16(21(26)27)11-13-6-8-14(23)9-7-13/h6-9,16,22-23H,4-5,10-11H2,1-3H3,(H,26,27). The molecule has 1 aliphatic rings. The summed E-state index contributed by atoms with van der Waals surface area (Å²) in [6, 6.07) is 5.53. The summed E-state index contributed by atoms with van der Waals surface area (Å²) in [6.45, 7) is 1.91. The van der Waals surface area contributed by atoms with Crippen LogP contribution in [0.1, 0.15) is 25.3 Å². The van der Waals surface area contributed by atoms with E-state index in [1.165, 1.54) is 26.4 Å². The second-order valence-electron chi connectivity index (χ2n) is 6.65. The first-order valence-electron chi connectivity index (χ1n) is 9.15. The lowest BCUT2D eigenvalue weighted by molar-refractivity contribution is -0.139. The van der Waals surface area contributed by atoms with Gasteiger partial charge in [-0.25, -0.2) is 0 Å². The van der Waals surface area contributed by atoms with E-state index in [-0.39, 0.29) is 35.3 Å². The Labute approximate surface area is 168 Å². The maximum Gasteiger partial charge on any atom is 0.321 e. The van der Waals surface area contributed by atoms with Gasteiger partial charge < -0.3 is 25.0 Å². The average Bonchev–Trinajstić information content (AvgIpc) is 2.70. The molecule has 1 atom stereocenters. The SMILES string of the molecule is COC1=C(OC)C(=O)C(CCCNC(Cc2ccc(O)cc2)C(=O)O)=C(C)C1=O. The monoisotopic (exact) mass is 403 g/mol. The van der Waals surface area contributed by atoms with Crippen molar-refractivity contribution in [1.82, 2.24) is 5.32 Å². The molecule has 3 N–H and O–H groups in total. The van der Waals surface area contributed by atoms with E-state index in [2.05, 4.69) is 5.32 Å². The summed E-state index contributed by atoms with van der Waals surface area (Å²) in [4.78, 5) is 36.4. The Bertz CT molecular complexity index is 852. The minimum Gasteiger partial charge on any atom is -0.508 e. The number of methoxy groups -OCH3 is 2. The number of nitrogens with one attached hydrogen (secondary N) is 1. The van der Waals surface area contributed by atoms with Crippen molar-refractivity contribution in [3.8, 4) is 5.75 Å². The molecule has 1 aromatic rings. The molecule has 0 aromatic heterocycles. The highest BCUT2D eigenvalue weighted by Crippen LogP contribution is 2.28. The molecule has 0 amide bonds. The van der Waals surface area contributed by atoms with Crippen molar-refractivity contribution in [3.05, 3.63) is 52.5 Å². The molecule has 0 bridgehead atoms. The third-order valence-electron chi connectivity index (χ3n) is 4.76. The van der Waals surface area contributed by atoms with Gasteiger partial charge in [0, 0.05) is 11.1 Å². The molecule has 1 aromatic carbocycles. The number of carbonyl (C=O) groups is 3. The number of carbonyl (C=O) groups excluding carboxylic acids is 2. The van der Waals surface area contributed by atoms with Gasteiger partial charge in [0.1, 0.15) is 11.8 Å². The van der Waals surface area contributed by atoms with Crippen LogP contribution in [-0.2, 0) is 30.3 Å². The topological polar surface area (TPSA) is 122 Å². The van der Waals surface area contributed by atoms with Crippen molar-refractivity contribution in [2.75, 3.05) is 20.8 Å². The number of aliphatic carboxylic acids is 1. The highest BCUT2D eigenvalue weighted by molar-refractivity contribution is 6.23. The van der Waals surface area contributed by atoms with Crippen LogP contribution in [-0.4, -0.2) is 54.6 Å². The maximum absolute atomic E-state index is 12.6. The van der Waals surface area contributed by atoms with Crippen molar-refractivity contribution in [3.63, 3.8) is 0 Å². The summed E-state index contributed by atoms with van der Waals surface area (Å²) < 4.78 is 10.0. The highest BCUT2D eigenvalue weighted by Gasteiger charge is 2.34. The van der Waals surface area contributed by atoms with Crippen LogP contribution in [0.5, 0.6) is 5.75 Å². The van der Waals surface area contributed by atoms with E-state index in [0.717, 1.165) is 5.56 Å². The van der Waals surface area contributed by atoms with Crippen molar-refractivity contribution in [2.45, 2.75) is 32.2 Å². The van der Waals surface area contributed by atoms with Crippen molar-refractivity contribution < 1.29 is 34.1 Å². The zero-order chi connectivity index (χ0) is 21.6. The number of carboxylic acid groups (broad SMARTS) is 1. The number of phenolic OH excluding ortho intramolecular Hbond substituents is 1. The lowest BCUT2D eigenvalue weighted by Crippen LogP contribution is -2.39. The molecule has 1 aliphatic carbocycles. The Morgan fingerprint density at radius 3 is 2.21 bits per heavy atom. The van der Waals surface area contributed by atoms with E-state index in [1.54, 1.807) is 19.1 Å². The van der Waals surface area contributed by atoms with Gasteiger partial charge in [0.2, 0.25) is 23.1 Å². The van der Waals surface area contributed by atoms with Crippen molar-refractivity contribution >= 4 is 17.5 Å². The number of aromatic hydroxyl groups is 1. The van der Waals surface area contributed by atoms with E-state index < -0.39 is 12.0 Å². The number of allylic oxidation sites excluding steroid dienone is 2. The van der Waals surface area contributed by atoms with Crippen LogP contribution in [0.15, 0.2) is 46.9 Å². The zero-order valence-electron chi connectivity index (χ0n) is 16.7. The van der Waals surface area contributed by atoms with E-state index in [9.17, 15) is 24.6 Å². The number of ketones is 2. The fourth-order valence-electron chi connectivity index (χ4n) is 3.15. The zero-order valence-corrected chi connectivity index (χ0v) is 16.7. The first-order chi connectivity index (χ1) is 13.8. The Hall–Kier alpha value is -3.13. The lowest BCUT2D eigenvalue weighted by Gasteiger charge is -2.20. The van der Waals surface area contributed by atoms with Crippen molar-refractivity contribution in [1.29, 1.82) is 0 Å². The summed E-state index contributed by atoms with van der Waals surface area (Å²) >= 11 is 0. The number of phenols is 1. The molecule has 0 fully saturated rings. The van der Waals surface area contributed by atoms with E-state index in [4.69, 9.17) is 9.47 Å². The van der Waals surface area contributed by atoms with E-state index in [0.29, 0.717) is 30.5 Å². The molecule has 0 spiro atoms. The fraction of sp³-hybridized carbons (Fsp3) is 0.381. The number of Topliss-reactive ketones (excluding diaryl/α,β-unsaturated/α-hetero) is 2. The van der Waals surface area contributed by atoms with Gasteiger partial charge >= 0.3 is 5.97 Å². The van der Waals surface area contributed by atoms with Crippen LogP contribution >= 0.6 is 0 Å². The molecule has 0 radical (unpaired) electrons. The second kappa shape index (κ2) is 9.88. The van der Waals surface area contributed by atoms with Gasteiger partial charge in [0.25, 0.3) is 0 Å². The first kappa shape index (κ1) is 22.2. The molecular formula is C21H25NO7. The van der Waals surface area contributed by atoms with Gasteiger partial charge in [0.05, 0.1) is 14.2 Å². The third-order valence-corrected chi connectivity index (χ3v) is 4.76. The minimum absolute atomic E-state index is 0.100. The molecule has 29 heavy (non-hydrogen) atoms. The number of ether oxygens (including phenoxy) is 2. The minimum atomic E-state index is -0.994. The molecule has 0 aliphatic heterocycles. The Balaban J connectivity index is 1.96. The van der Waals surface area contributed by atoms with Gasteiger partial charge in [-0.05, 0) is 50.4 Å². The number of hydrogen-bond acceptors (Lipinski definition) is 7. The normalized spacial score (nSPS) is 15.6. The average molecular weight is 403 g/mol. The Morgan fingerprint density at radius 1 is 1.07 bits per heavy atom. The summed E-state index contributed by atoms with van der Waals surface area (Å²) in [5, 5.41) is 21.7. The van der Waals surface area contributed by atoms with Gasteiger partial charge in [-0.2, -0.15) is 0 Å². The number of carboxylic acids is 1. The van der Waals surface area contributed by atoms with Gasteiger partial charge in [-0.15, -0.1) is 0 Å². The highest BCUT2D eigenvalue weighted by atomic mass is 16.5. The van der Waals surface area contributed by atoms with Gasteiger partial charge in [0.15, 0.2) is 0 Å². The Kier molecular flexibility index (Phi) is 7.55. The largest absolute Gasteiger partial charge is 0.508 e. The first-order valence-corrected chi connectivity index (χ1v) is 9.15. The fourth-order valence-corrected chi connectivity index (χ4v) is 3.15. The smallest absolute Gasteiger partial charge is 0.321 e. The molecule has 0 saturated heterocycles. The van der Waals surface area contributed by atoms with E-state index >= 15 is 0 Å². The molecule has 0 heterocycles. The van der Waals surface area contributed by atoms with Crippen LogP contribution in [0, 0.1) is 0 Å².